The van der Waals surface area contributed by atoms with Crippen molar-refractivity contribution < 1.29 is 9.90 Å². The smallest absolute Gasteiger partial charge is 0.375 e. The van der Waals surface area contributed by atoms with Crippen LogP contribution >= 0.6 is 11.6 Å². The Morgan fingerprint density at radius 3 is 2.82 bits per heavy atom. The first-order valence-corrected chi connectivity index (χ1v) is 5.09. The lowest BCUT2D eigenvalue weighted by molar-refractivity contribution is 0.0684. The second-order valence-corrected chi connectivity index (χ2v) is 3.73. The highest BCUT2D eigenvalue weighted by atomic mass is 35.5. The van der Waals surface area contributed by atoms with Gasteiger partial charge in [0.25, 0.3) is 5.82 Å². The Morgan fingerprint density at radius 1 is 1.29 bits per heavy atom. The summed E-state index contributed by atoms with van der Waals surface area (Å²) in [6.45, 7) is 0. The molecule has 17 heavy (non-hydrogen) atoms. The van der Waals surface area contributed by atoms with E-state index in [4.69, 9.17) is 16.7 Å². The molecule has 2 aromatic heterocycles. The van der Waals surface area contributed by atoms with Gasteiger partial charge >= 0.3 is 5.97 Å². The Balaban J connectivity index is 2.51. The average Bonchev–Trinajstić information content (AvgIpc) is 2.75. The van der Waals surface area contributed by atoms with Crippen LogP contribution in [0.4, 0.5) is 0 Å². The number of hydrogen-bond acceptors (Lipinski definition) is 4. The van der Waals surface area contributed by atoms with Crippen LogP contribution in [0.3, 0.4) is 0 Å². The highest BCUT2D eigenvalue weighted by Crippen LogP contribution is 2.19. The van der Waals surface area contributed by atoms with Gasteiger partial charge in [0.15, 0.2) is 10.8 Å². The standard InChI is InChI=1S/C10H5ClN4O2/c11-7-9-13-8(10(16)17)14-15(9)6-4-2-1-3-5(6)12-7/h1-4H,(H,16,17). The molecule has 1 aromatic carbocycles. The minimum Gasteiger partial charge on any atom is -0.475 e. The Kier molecular flexibility index (Phi) is 1.99. The summed E-state index contributed by atoms with van der Waals surface area (Å²) in [6, 6.07) is 7.15. The Hall–Kier alpha value is -2.21. The van der Waals surface area contributed by atoms with E-state index in [1.165, 1.54) is 4.52 Å². The molecule has 0 bridgehead atoms. The second kappa shape index (κ2) is 3.39. The largest absolute Gasteiger partial charge is 0.475 e. The predicted molar refractivity (Wildman–Crippen MR) is 60.3 cm³/mol. The van der Waals surface area contributed by atoms with Gasteiger partial charge in [-0.05, 0) is 12.1 Å². The normalized spacial score (nSPS) is 11.1. The zero-order valence-corrected chi connectivity index (χ0v) is 9.09. The number of nitrogens with zero attached hydrogens (tertiary/aromatic N) is 4. The van der Waals surface area contributed by atoms with E-state index in [0.29, 0.717) is 11.0 Å². The third-order valence-corrected chi connectivity index (χ3v) is 2.57. The molecule has 0 aliphatic heterocycles. The number of para-hydroxylation sites is 2. The first kappa shape index (κ1) is 9.98. The Morgan fingerprint density at radius 2 is 2.06 bits per heavy atom. The zero-order chi connectivity index (χ0) is 12.0. The molecule has 2 heterocycles. The summed E-state index contributed by atoms with van der Waals surface area (Å²) in [5.41, 5.74) is 1.53. The second-order valence-electron chi connectivity index (χ2n) is 3.37. The highest BCUT2D eigenvalue weighted by molar-refractivity contribution is 6.32. The molecule has 0 atom stereocenters. The number of carbonyl (C=O) groups is 1. The molecular weight excluding hydrogens is 244 g/mol. The van der Waals surface area contributed by atoms with Crippen molar-refractivity contribution in [3.63, 3.8) is 0 Å². The highest BCUT2D eigenvalue weighted by Gasteiger charge is 2.15. The summed E-state index contributed by atoms with van der Waals surface area (Å²) in [6.07, 6.45) is 0. The SMILES string of the molecule is O=C(O)c1nc2c(Cl)nc3ccccc3n2n1. The summed E-state index contributed by atoms with van der Waals surface area (Å²) in [7, 11) is 0. The molecular formula is C10H5ClN4O2. The van der Waals surface area contributed by atoms with Crippen LogP contribution in [0.25, 0.3) is 16.7 Å². The minimum absolute atomic E-state index is 0.128. The van der Waals surface area contributed by atoms with Crippen molar-refractivity contribution in [3.05, 3.63) is 35.2 Å². The van der Waals surface area contributed by atoms with Gasteiger partial charge < -0.3 is 5.11 Å². The van der Waals surface area contributed by atoms with Gasteiger partial charge in [-0.15, -0.1) is 5.10 Å². The van der Waals surface area contributed by atoms with Gasteiger partial charge in [0.2, 0.25) is 0 Å². The van der Waals surface area contributed by atoms with Crippen molar-refractivity contribution in [1.29, 1.82) is 0 Å². The topological polar surface area (TPSA) is 80.4 Å². The molecule has 84 valence electrons. The Labute approximate surface area is 99.5 Å². The van der Waals surface area contributed by atoms with Crippen LogP contribution in [0.5, 0.6) is 0 Å². The summed E-state index contributed by atoms with van der Waals surface area (Å²) in [5, 5.41) is 12.9. The van der Waals surface area contributed by atoms with Crippen LogP contribution in [-0.4, -0.2) is 30.7 Å². The van der Waals surface area contributed by atoms with E-state index in [1.807, 2.05) is 6.07 Å². The number of carboxylic acid groups (broad SMARTS) is 1. The van der Waals surface area contributed by atoms with E-state index in [1.54, 1.807) is 18.2 Å². The molecule has 0 spiro atoms. The quantitative estimate of drug-likeness (QED) is 0.708. The molecule has 0 aliphatic carbocycles. The van der Waals surface area contributed by atoms with Gasteiger partial charge in [-0.25, -0.2) is 14.3 Å². The fourth-order valence-electron chi connectivity index (χ4n) is 1.60. The van der Waals surface area contributed by atoms with Crippen LogP contribution in [0.2, 0.25) is 5.15 Å². The van der Waals surface area contributed by atoms with Gasteiger partial charge in [0.05, 0.1) is 11.0 Å². The summed E-state index contributed by atoms with van der Waals surface area (Å²) in [4.78, 5) is 18.8. The number of carboxylic acids is 1. The third-order valence-electron chi connectivity index (χ3n) is 2.31. The fourth-order valence-corrected chi connectivity index (χ4v) is 1.81. The van der Waals surface area contributed by atoms with Gasteiger partial charge in [0.1, 0.15) is 0 Å². The number of hydrogen-bond donors (Lipinski definition) is 1. The molecule has 3 rings (SSSR count). The number of rotatable bonds is 1. The average molecular weight is 249 g/mol. The first-order valence-electron chi connectivity index (χ1n) is 4.71. The van der Waals surface area contributed by atoms with Crippen molar-refractivity contribution in [3.8, 4) is 0 Å². The van der Waals surface area contributed by atoms with Gasteiger partial charge in [0, 0.05) is 0 Å². The van der Waals surface area contributed by atoms with Crippen LogP contribution in [-0.2, 0) is 0 Å². The molecule has 0 amide bonds. The summed E-state index contributed by atoms with van der Waals surface area (Å²) >= 11 is 5.93. The van der Waals surface area contributed by atoms with Crippen LogP contribution in [0.1, 0.15) is 10.6 Å². The minimum atomic E-state index is -1.20. The number of fused-ring (bicyclic) bond motifs is 3. The number of aromatic carboxylic acids is 1. The molecule has 0 aliphatic rings. The summed E-state index contributed by atoms with van der Waals surface area (Å²) < 4.78 is 1.38. The van der Waals surface area contributed by atoms with E-state index in [0.717, 1.165) is 0 Å². The lowest BCUT2D eigenvalue weighted by Crippen LogP contribution is -1.99. The predicted octanol–water partition coefficient (Wildman–Crippen LogP) is 1.63. The number of aromatic nitrogens is 4. The monoisotopic (exact) mass is 248 g/mol. The van der Waals surface area contributed by atoms with Gasteiger partial charge in [-0.1, -0.05) is 23.7 Å². The summed E-state index contributed by atoms with van der Waals surface area (Å²) in [5.74, 6) is -1.50. The number of halogens is 1. The fraction of sp³-hybridized carbons (Fsp3) is 0. The van der Waals surface area contributed by atoms with E-state index in [-0.39, 0.29) is 16.6 Å². The number of benzene rings is 1. The van der Waals surface area contributed by atoms with Crippen molar-refractivity contribution in [2.24, 2.45) is 0 Å². The maximum Gasteiger partial charge on any atom is 0.375 e. The van der Waals surface area contributed by atoms with Gasteiger partial charge in [-0.3, -0.25) is 0 Å². The molecule has 6 nitrogen and oxygen atoms in total. The van der Waals surface area contributed by atoms with Crippen LogP contribution in [0.15, 0.2) is 24.3 Å². The maximum atomic E-state index is 10.8. The maximum absolute atomic E-state index is 10.8. The van der Waals surface area contributed by atoms with E-state index in [9.17, 15) is 4.79 Å². The van der Waals surface area contributed by atoms with Crippen LogP contribution in [0, 0.1) is 0 Å². The molecule has 0 saturated carbocycles. The molecule has 0 fully saturated rings. The zero-order valence-electron chi connectivity index (χ0n) is 8.33. The molecule has 0 unspecified atom stereocenters. The van der Waals surface area contributed by atoms with Crippen LogP contribution < -0.4 is 0 Å². The van der Waals surface area contributed by atoms with E-state index >= 15 is 0 Å². The molecule has 0 saturated heterocycles. The first-order chi connectivity index (χ1) is 8.16. The Bertz CT molecular complexity index is 752. The van der Waals surface area contributed by atoms with E-state index < -0.39 is 5.97 Å². The van der Waals surface area contributed by atoms with Crippen molar-refractivity contribution >= 4 is 34.3 Å². The van der Waals surface area contributed by atoms with E-state index in [2.05, 4.69) is 15.1 Å². The molecule has 7 heteroatoms. The molecule has 0 radical (unpaired) electrons. The van der Waals surface area contributed by atoms with Crippen molar-refractivity contribution in [2.45, 2.75) is 0 Å². The lowest BCUT2D eigenvalue weighted by atomic mass is 10.3. The van der Waals surface area contributed by atoms with Crippen molar-refractivity contribution in [1.82, 2.24) is 19.6 Å². The molecule has 3 aromatic rings. The molecule has 1 N–H and O–H groups in total. The lowest BCUT2D eigenvalue weighted by Gasteiger charge is -2.00. The van der Waals surface area contributed by atoms with Crippen molar-refractivity contribution in [2.75, 3.05) is 0 Å². The van der Waals surface area contributed by atoms with Gasteiger partial charge in [-0.2, -0.15) is 4.98 Å². The third kappa shape index (κ3) is 1.42.